The first-order valence-electron chi connectivity index (χ1n) is 12.8. The zero-order valence-electron chi connectivity index (χ0n) is 20.3. The molecule has 0 spiro atoms. The highest BCUT2D eigenvalue weighted by atomic mass is 79.9. The van der Waals surface area contributed by atoms with Crippen molar-refractivity contribution in [1.82, 2.24) is 9.80 Å². The predicted molar refractivity (Wildman–Crippen MR) is 144 cm³/mol. The van der Waals surface area contributed by atoms with Crippen molar-refractivity contribution in [1.29, 1.82) is 0 Å². The van der Waals surface area contributed by atoms with Gasteiger partial charge in [-0.25, -0.2) is 4.79 Å². The number of urea groups is 1. The van der Waals surface area contributed by atoms with E-state index in [2.05, 4.69) is 50.1 Å². The Hall–Kier alpha value is -2.13. The van der Waals surface area contributed by atoms with E-state index in [1.807, 2.05) is 11.0 Å². The van der Waals surface area contributed by atoms with Gasteiger partial charge in [-0.1, -0.05) is 31.9 Å². The Balaban J connectivity index is 1.32. The summed E-state index contributed by atoms with van der Waals surface area (Å²) in [6, 6.07) is 7.84. The summed E-state index contributed by atoms with van der Waals surface area (Å²) in [6.07, 6.45) is 7.28. The van der Waals surface area contributed by atoms with Gasteiger partial charge in [0.25, 0.3) is 0 Å². The Kier molecular flexibility index (Phi) is 7.58. The molecule has 2 aromatic rings. The summed E-state index contributed by atoms with van der Waals surface area (Å²) in [6.45, 7) is 2.70. The third kappa shape index (κ3) is 5.14. The number of pyridine rings is 1. The van der Waals surface area contributed by atoms with E-state index in [4.69, 9.17) is 5.73 Å². The molecule has 3 heterocycles. The number of hydrogen-bond donors (Lipinski definition) is 1. The molecule has 0 unspecified atom stereocenters. The van der Waals surface area contributed by atoms with Crippen LogP contribution in [0.25, 0.3) is 0 Å². The molecule has 3 aliphatic rings. The maximum Gasteiger partial charge on any atom is 0.314 e. The number of benzene rings is 1. The number of aryl methyl sites for hydroxylation is 2. The van der Waals surface area contributed by atoms with Crippen LogP contribution in [0.5, 0.6) is 0 Å². The van der Waals surface area contributed by atoms with Crippen LogP contribution in [-0.2, 0) is 17.6 Å². The Morgan fingerprint density at radius 1 is 1.00 bits per heavy atom. The Morgan fingerprint density at radius 2 is 1.67 bits per heavy atom. The first-order chi connectivity index (χ1) is 17.3. The van der Waals surface area contributed by atoms with Gasteiger partial charge in [-0.15, -0.1) is 0 Å². The zero-order valence-corrected chi connectivity index (χ0v) is 23.5. The number of amides is 3. The number of rotatable bonds is 3. The summed E-state index contributed by atoms with van der Waals surface area (Å²) in [7, 11) is 0. The number of hydrogen-bond acceptors (Lipinski definition) is 3. The number of carbonyl (C=O) groups is 2. The number of nitrogens with zero attached hydrogens (tertiary/aromatic N) is 3. The van der Waals surface area contributed by atoms with Crippen molar-refractivity contribution in [3.8, 4) is 0 Å². The normalized spacial score (nSPS) is 21.0. The van der Waals surface area contributed by atoms with Gasteiger partial charge in [-0.3, -0.25) is 4.79 Å². The van der Waals surface area contributed by atoms with E-state index in [1.165, 1.54) is 11.1 Å². The number of likely N-dealkylation sites (tertiary alicyclic amines) is 2. The first-order valence-corrected chi connectivity index (χ1v) is 14.4. The molecule has 2 aliphatic heterocycles. The van der Waals surface area contributed by atoms with Gasteiger partial charge in [-0.2, -0.15) is 4.73 Å². The van der Waals surface area contributed by atoms with Gasteiger partial charge < -0.3 is 20.7 Å². The fourth-order valence-corrected chi connectivity index (χ4v) is 7.93. The quantitative estimate of drug-likeness (QED) is 0.405. The molecule has 1 atom stereocenters. The average Bonchev–Trinajstić information content (AvgIpc) is 3.02. The van der Waals surface area contributed by atoms with Crippen molar-refractivity contribution in [2.45, 2.75) is 50.9 Å². The van der Waals surface area contributed by atoms with E-state index >= 15 is 0 Å². The molecule has 36 heavy (non-hydrogen) atoms. The van der Waals surface area contributed by atoms with E-state index < -0.39 is 0 Å². The maximum atomic E-state index is 13.1. The standard InChI is InChI=1S/C27H32Br2N4O3/c28-21-15-20-4-3-19-2-1-9-33(36)26(19)25(24(20)22(29)16-21)18-7-12-31(13-8-18)23(34)14-17-5-10-32(11-6-17)27(30)35/h1-2,9,15-18,25H,3-8,10-14H2,(H2,30,35)/t25-/m1/s1. The van der Waals surface area contributed by atoms with E-state index in [1.54, 1.807) is 11.1 Å². The molecule has 9 heteroatoms. The number of fused-ring (bicyclic) bond motifs is 2. The lowest BCUT2D eigenvalue weighted by Crippen LogP contribution is -2.44. The highest BCUT2D eigenvalue weighted by Gasteiger charge is 2.40. The van der Waals surface area contributed by atoms with Gasteiger partial charge in [0.15, 0.2) is 6.20 Å². The number of aromatic nitrogens is 1. The summed E-state index contributed by atoms with van der Waals surface area (Å²) in [4.78, 5) is 28.2. The molecule has 0 saturated carbocycles. The molecule has 2 fully saturated rings. The summed E-state index contributed by atoms with van der Waals surface area (Å²) in [5, 5.41) is 13.1. The smallest absolute Gasteiger partial charge is 0.314 e. The highest BCUT2D eigenvalue weighted by Crippen LogP contribution is 2.45. The second-order valence-corrected chi connectivity index (χ2v) is 12.1. The van der Waals surface area contributed by atoms with E-state index in [-0.39, 0.29) is 23.8 Å². The molecular weight excluding hydrogens is 588 g/mol. The largest absolute Gasteiger partial charge is 0.618 e. The van der Waals surface area contributed by atoms with E-state index in [9.17, 15) is 14.8 Å². The molecule has 0 radical (unpaired) electrons. The fourth-order valence-electron chi connectivity index (χ4n) is 6.37. The Labute approximate surface area is 228 Å². The molecule has 2 N–H and O–H groups in total. The molecule has 7 nitrogen and oxygen atoms in total. The second-order valence-electron chi connectivity index (χ2n) is 10.4. The van der Waals surface area contributed by atoms with Crippen LogP contribution in [0.4, 0.5) is 4.79 Å². The summed E-state index contributed by atoms with van der Waals surface area (Å²) in [5.74, 6) is 0.787. The minimum absolute atomic E-state index is 0.00551. The van der Waals surface area contributed by atoms with Crippen LogP contribution >= 0.6 is 31.9 Å². The zero-order chi connectivity index (χ0) is 25.4. The number of nitrogens with two attached hydrogens (primary N) is 1. The molecule has 1 aromatic heterocycles. The SMILES string of the molecule is NC(=O)N1CCC(CC(=O)N2CCC([C@@H]3c4c(Br)cc(Br)cc4CCc4ccc[n+]([O-])c43)CC2)CC1. The van der Waals surface area contributed by atoms with Crippen LogP contribution < -0.4 is 10.5 Å². The first kappa shape index (κ1) is 25.5. The third-order valence-electron chi connectivity index (χ3n) is 8.29. The van der Waals surface area contributed by atoms with Gasteiger partial charge in [-0.05, 0) is 79.7 Å². The van der Waals surface area contributed by atoms with Crippen LogP contribution in [0.1, 0.15) is 60.4 Å². The lowest BCUT2D eigenvalue weighted by Gasteiger charge is -2.37. The molecule has 3 amide bonds. The van der Waals surface area contributed by atoms with E-state index in [0.29, 0.717) is 38.5 Å². The van der Waals surface area contributed by atoms with Crippen LogP contribution in [-0.4, -0.2) is 47.9 Å². The Bertz CT molecular complexity index is 1160. The predicted octanol–water partition coefficient (Wildman–Crippen LogP) is 4.49. The number of halogens is 2. The van der Waals surface area contributed by atoms with Crippen molar-refractivity contribution >= 4 is 43.8 Å². The minimum atomic E-state index is -0.373. The highest BCUT2D eigenvalue weighted by molar-refractivity contribution is 9.11. The van der Waals surface area contributed by atoms with Gasteiger partial charge in [0, 0.05) is 53.2 Å². The van der Waals surface area contributed by atoms with Crippen LogP contribution in [0.3, 0.4) is 0 Å². The topological polar surface area (TPSA) is 93.6 Å². The molecular formula is C27H32Br2N4O3. The number of primary amides is 1. The summed E-state index contributed by atoms with van der Waals surface area (Å²) < 4.78 is 3.14. The molecule has 1 aliphatic carbocycles. The summed E-state index contributed by atoms with van der Waals surface area (Å²) >= 11 is 7.46. The van der Waals surface area contributed by atoms with Crippen molar-refractivity contribution in [3.05, 3.63) is 67.0 Å². The van der Waals surface area contributed by atoms with Gasteiger partial charge >= 0.3 is 6.03 Å². The van der Waals surface area contributed by atoms with Crippen LogP contribution in [0.2, 0.25) is 0 Å². The van der Waals surface area contributed by atoms with Crippen molar-refractivity contribution in [2.75, 3.05) is 26.2 Å². The number of piperidine rings is 2. The monoisotopic (exact) mass is 618 g/mol. The maximum absolute atomic E-state index is 13.1. The van der Waals surface area contributed by atoms with Crippen molar-refractivity contribution in [3.63, 3.8) is 0 Å². The average molecular weight is 620 g/mol. The third-order valence-corrected chi connectivity index (χ3v) is 9.40. The molecule has 1 aromatic carbocycles. The lowest BCUT2D eigenvalue weighted by atomic mass is 9.76. The van der Waals surface area contributed by atoms with Crippen LogP contribution in [0.15, 0.2) is 39.4 Å². The van der Waals surface area contributed by atoms with Crippen LogP contribution in [0, 0.1) is 17.0 Å². The van der Waals surface area contributed by atoms with E-state index in [0.717, 1.165) is 63.5 Å². The Morgan fingerprint density at radius 3 is 2.36 bits per heavy atom. The van der Waals surface area contributed by atoms with Gasteiger partial charge in [0.05, 0.1) is 5.92 Å². The lowest BCUT2D eigenvalue weighted by molar-refractivity contribution is -0.616. The number of carbonyl (C=O) groups excluding carboxylic acids is 2. The molecule has 2 saturated heterocycles. The fraction of sp³-hybridized carbons (Fsp3) is 0.519. The minimum Gasteiger partial charge on any atom is -0.618 e. The van der Waals surface area contributed by atoms with Gasteiger partial charge in [0.2, 0.25) is 11.6 Å². The molecule has 5 rings (SSSR count). The van der Waals surface area contributed by atoms with Crippen molar-refractivity contribution < 1.29 is 14.3 Å². The van der Waals surface area contributed by atoms with Gasteiger partial charge in [0.1, 0.15) is 0 Å². The summed E-state index contributed by atoms with van der Waals surface area (Å²) in [5.41, 5.74) is 9.87. The molecule has 192 valence electrons. The second kappa shape index (κ2) is 10.7. The van der Waals surface area contributed by atoms with Crippen molar-refractivity contribution in [2.24, 2.45) is 17.6 Å². The molecule has 0 bridgehead atoms.